The number of hydrogen-bond donors (Lipinski definition) is 2. The Balaban J connectivity index is 2.28. The molecular formula is C9H16N4O2. The van der Waals surface area contributed by atoms with Gasteiger partial charge < -0.3 is 15.2 Å². The van der Waals surface area contributed by atoms with E-state index in [4.69, 9.17) is 9.84 Å². The summed E-state index contributed by atoms with van der Waals surface area (Å²) in [4.78, 5) is 4.20. The Bertz CT molecular complexity index is 306. The van der Waals surface area contributed by atoms with Gasteiger partial charge in [-0.15, -0.1) is 5.10 Å². The van der Waals surface area contributed by atoms with Crippen LogP contribution in [-0.2, 0) is 4.74 Å². The van der Waals surface area contributed by atoms with Crippen molar-refractivity contribution in [3.8, 4) is 0 Å². The summed E-state index contributed by atoms with van der Waals surface area (Å²) in [7, 11) is 0. The summed E-state index contributed by atoms with van der Waals surface area (Å²) in [5, 5.41) is 19.3. The van der Waals surface area contributed by atoms with E-state index in [0.717, 1.165) is 11.4 Å². The fourth-order valence-corrected chi connectivity index (χ4v) is 0.933. The maximum atomic E-state index is 8.47. The van der Waals surface area contributed by atoms with Crippen LogP contribution < -0.4 is 5.32 Å². The molecule has 0 radical (unpaired) electrons. The first-order valence-electron chi connectivity index (χ1n) is 4.84. The van der Waals surface area contributed by atoms with Gasteiger partial charge in [-0.3, -0.25) is 0 Å². The van der Waals surface area contributed by atoms with Gasteiger partial charge in [0.1, 0.15) is 0 Å². The first kappa shape index (κ1) is 11.8. The van der Waals surface area contributed by atoms with E-state index in [2.05, 4.69) is 20.5 Å². The van der Waals surface area contributed by atoms with E-state index < -0.39 is 0 Å². The molecule has 2 N–H and O–H groups in total. The molecule has 0 bridgehead atoms. The lowest BCUT2D eigenvalue weighted by Crippen LogP contribution is -2.14. The minimum Gasteiger partial charge on any atom is -0.394 e. The smallest absolute Gasteiger partial charge is 0.243 e. The van der Waals surface area contributed by atoms with Gasteiger partial charge in [0.2, 0.25) is 5.95 Å². The molecule has 1 aromatic rings. The van der Waals surface area contributed by atoms with Crippen molar-refractivity contribution >= 4 is 5.95 Å². The van der Waals surface area contributed by atoms with Crippen LogP contribution in [0, 0.1) is 13.8 Å². The highest BCUT2D eigenvalue weighted by atomic mass is 16.5. The van der Waals surface area contributed by atoms with Crippen LogP contribution in [0.15, 0.2) is 0 Å². The molecule has 0 aliphatic heterocycles. The van der Waals surface area contributed by atoms with Gasteiger partial charge in [0.05, 0.1) is 31.2 Å². The molecule has 0 aliphatic rings. The molecule has 1 aromatic heterocycles. The lowest BCUT2D eigenvalue weighted by Gasteiger charge is -2.05. The van der Waals surface area contributed by atoms with Gasteiger partial charge in [-0.2, -0.15) is 5.10 Å². The molecule has 15 heavy (non-hydrogen) atoms. The molecular weight excluding hydrogens is 196 g/mol. The normalized spacial score (nSPS) is 10.3. The second kappa shape index (κ2) is 6.26. The second-order valence-corrected chi connectivity index (χ2v) is 3.07. The number of aromatic nitrogens is 3. The standard InChI is InChI=1S/C9H16N4O2/c1-7-8(2)12-13-9(11-7)10-3-5-15-6-4-14/h14H,3-6H2,1-2H3,(H,10,11,13). The molecule has 0 saturated carbocycles. The lowest BCUT2D eigenvalue weighted by atomic mass is 10.4. The number of anilines is 1. The fraction of sp³-hybridized carbons (Fsp3) is 0.667. The van der Waals surface area contributed by atoms with Gasteiger partial charge in [-0.25, -0.2) is 4.98 Å². The van der Waals surface area contributed by atoms with Crippen molar-refractivity contribution in [2.75, 3.05) is 31.7 Å². The molecule has 0 atom stereocenters. The number of ether oxygens (including phenoxy) is 1. The predicted octanol–water partition coefficient (Wildman–Crippen LogP) is -0.0908. The molecule has 1 heterocycles. The quantitative estimate of drug-likeness (QED) is 0.641. The van der Waals surface area contributed by atoms with Crippen LogP contribution in [0.1, 0.15) is 11.4 Å². The molecule has 6 nitrogen and oxygen atoms in total. The van der Waals surface area contributed by atoms with E-state index in [1.165, 1.54) is 0 Å². The average molecular weight is 212 g/mol. The number of nitrogens with zero attached hydrogens (tertiary/aromatic N) is 3. The van der Waals surface area contributed by atoms with Crippen LogP contribution in [0.3, 0.4) is 0 Å². The largest absolute Gasteiger partial charge is 0.394 e. The minimum absolute atomic E-state index is 0.0433. The molecule has 0 unspecified atom stereocenters. The average Bonchev–Trinajstić information content (AvgIpc) is 2.23. The van der Waals surface area contributed by atoms with Gasteiger partial charge in [-0.05, 0) is 13.8 Å². The SMILES string of the molecule is Cc1nnc(NCCOCCO)nc1C. The van der Waals surface area contributed by atoms with Crippen LogP contribution in [0.4, 0.5) is 5.95 Å². The monoisotopic (exact) mass is 212 g/mol. The maximum absolute atomic E-state index is 8.47. The Kier molecular flexibility index (Phi) is 4.92. The van der Waals surface area contributed by atoms with Crippen LogP contribution >= 0.6 is 0 Å². The molecule has 0 amide bonds. The molecule has 0 aliphatic carbocycles. The Morgan fingerprint density at radius 3 is 2.67 bits per heavy atom. The zero-order chi connectivity index (χ0) is 11.1. The van der Waals surface area contributed by atoms with E-state index in [9.17, 15) is 0 Å². The summed E-state index contributed by atoms with van der Waals surface area (Å²) >= 11 is 0. The third-order valence-corrected chi connectivity index (χ3v) is 1.86. The third-order valence-electron chi connectivity index (χ3n) is 1.86. The van der Waals surface area contributed by atoms with Crippen molar-refractivity contribution < 1.29 is 9.84 Å². The molecule has 0 aromatic carbocycles. The topological polar surface area (TPSA) is 80.2 Å². The number of hydrogen-bond acceptors (Lipinski definition) is 6. The number of aryl methyl sites for hydroxylation is 2. The summed E-state index contributed by atoms with van der Waals surface area (Å²) in [6.07, 6.45) is 0. The van der Waals surface area contributed by atoms with Gasteiger partial charge in [0.25, 0.3) is 0 Å². The van der Waals surface area contributed by atoms with Gasteiger partial charge in [0.15, 0.2) is 0 Å². The summed E-state index contributed by atoms with van der Waals surface area (Å²) in [6.45, 7) is 5.26. The van der Waals surface area contributed by atoms with Crippen molar-refractivity contribution in [3.05, 3.63) is 11.4 Å². The zero-order valence-electron chi connectivity index (χ0n) is 9.03. The van der Waals surface area contributed by atoms with E-state index in [1.807, 2.05) is 13.8 Å². The maximum Gasteiger partial charge on any atom is 0.243 e. The van der Waals surface area contributed by atoms with E-state index in [0.29, 0.717) is 25.7 Å². The highest BCUT2D eigenvalue weighted by Gasteiger charge is 1.99. The summed E-state index contributed by atoms with van der Waals surface area (Å²) in [5.74, 6) is 0.505. The minimum atomic E-state index is 0.0433. The molecule has 0 saturated heterocycles. The molecule has 1 rings (SSSR count). The van der Waals surface area contributed by atoms with Gasteiger partial charge in [-0.1, -0.05) is 0 Å². The summed E-state index contributed by atoms with van der Waals surface area (Å²) < 4.78 is 5.07. The van der Waals surface area contributed by atoms with Crippen molar-refractivity contribution in [1.29, 1.82) is 0 Å². The number of rotatable bonds is 6. The zero-order valence-corrected chi connectivity index (χ0v) is 9.03. The Morgan fingerprint density at radius 1 is 1.20 bits per heavy atom. The van der Waals surface area contributed by atoms with Crippen molar-refractivity contribution in [2.24, 2.45) is 0 Å². The highest BCUT2D eigenvalue weighted by molar-refractivity contribution is 5.24. The van der Waals surface area contributed by atoms with Crippen molar-refractivity contribution in [3.63, 3.8) is 0 Å². The van der Waals surface area contributed by atoms with Gasteiger partial charge in [0, 0.05) is 6.54 Å². The molecule has 6 heteroatoms. The lowest BCUT2D eigenvalue weighted by molar-refractivity contribution is 0.0991. The predicted molar refractivity (Wildman–Crippen MR) is 55.7 cm³/mol. The highest BCUT2D eigenvalue weighted by Crippen LogP contribution is 2.00. The Morgan fingerprint density at radius 2 is 2.00 bits per heavy atom. The summed E-state index contributed by atoms with van der Waals surface area (Å²) in [5.41, 5.74) is 1.70. The molecule has 0 spiro atoms. The fourth-order valence-electron chi connectivity index (χ4n) is 0.933. The number of aliphatic hydroxyl groups excluding tert-OH is 1. The Labute approximate surface area is 88.7 Å². The Hall–Kier alpha value is -1.27. The van der Waals surface area contributed by atoms with E-state index in [-0.39, 0.29) is 6.61 Å². The van der Waals surface area contributed by atoms with E-state index in [1.54, 1.807) is 0 Å². The first-order chi connectivity index (χ1) is 7.24. The molecule has 0 fully saturated rings. The van der Waals surface area contributed by atoms with E-state index >= 15 is 0 Å². The second-order valence-electron chi connectivity index (χ2n) is 3.07. The van der Waals surface area contributed by atoms with Gasteiger partial charge >= 0.3 is 0 Å². The number of nitrogens with one attached hydrogen (secondary N) is 1. The van der Waals surface area contributed by atoms with Crippen LogP contribution in [0.25, 0.3) is 0 Å². The first-order valence-corrected chi connectivity index (χ1v) is 4.84. The van der Waals surface area contributed by atoms with Crippen molar-refractivity contribution in [2.45, 2.75) is 13.8 Å². The van der Waals surface area contributed by atoms with Crippen LogP contribution in [-0.4, -0.2) is 46.7 Å². The summed E-state index contributed by atoms with van der Waals surface area (Å²) in [6, 6.07) is 0. The van der Waals surface area contributed by atoms with Crippen LogP contribution in [0.2, 0.25) is 0 Å². The number of aliphatic hydroxyl groups is 1. The third kappa shape index (κ3) is 4.18. The van der Waals surface area contributed by atoms with Crippen molar-refractivity contribution in [1.82, 2.24) is 15.2 Å². The molecule has 84 valence electrons. The van der Waals surface area contributed by atoms with Crippen LogP contribution in [0.5, 0.6) is 0 Å².